The van der Waals surface area contributed by atoms with Crippen LogP contribution in [0.15, 0.2) is 58.5 Å². The van der Waals surface area contributed by atoms with Gasteiger partial charge in [-0.1, -0.05) is 47.5 Å². The quantitative estimate of drug-likeness (QED) is 0.0555. The summed E-state index contributed by atoms with van der Waals surface area (Å²) >= 11 is 15.8. The van der Waals surface area contributed by atoms with E-state index in [0.717, 1.165) is 64.6 Å². The molecule has 6 N–H and O–H groups in total. The van der Waals surface area contributed by atoms with Gasteiger partial charge >= 0.3 is 24.3 Å². The highest BCUT2D eigenvalue weighted by Crippen LogP contribution is 2.43. The van der Waals surface area contributed by atoms with Crippen molar-refractivity contribution in [3.8, 4) is 10.0 Å². The molecule has 6 aromatic rings. The second-order valence-corrected chi connectivity index (χ2v) is 20.4. The maximum absolute atomic E-state index is 13.2. The highest BCUT2D eigenvalue weighted by molar-refractivity contribution is 7.15. The summed E-state index contributed by atoms with van der Waals surface area (Å²) in [5.74, 6) is -5.63. The van der Waals surface area contributed by atoms with Gasteiger partial charge in [-0.25, -0.2) is 9.59 Å². The number of rotatable bonds is 15. The summed E-state index contributed by atoms with van der Waals surface area (Å²) in [6, 6.07) is 13.6. The van der Waals surface area contributed by atoms with E-state index < -0.39 is 60.0 Å². The number of amides is 2. The van der Waals surface area contributed by atoms with E-state index in [0.29, 0.717) is 33.3 Å². The van der Waals surface area contributed by atoms with Gasteiger partial charge in [-0.3, -0.25) is 28.7 Å². The Bertz CT molecular complexity index is 2980. The van der Waals surface area contributed by atoms with Gasteiger partial charge in [0.05, 0.1) is 36.5 Å². The van der Waals surface area contributed by atoms with Gasteiger partial charge < -0.3 is 31.2 Å². The van der Waals surface area contributed by atoms with Crippen molar-refractivity contribution in [2.75, 3.05) is 26.4 Å². The predicted octanol–water partition coefficient (Wildman–Crippen LogP) is 8.90. The van der Waals surface area contributed by atoms with Crippen LogP contribution in [0.5, 0.6) is 0 Å². The Morgan fingerprint density at radius 1 is 0.592 bits per heavy atom. The number of aliphatic imine (C=N–C) groups is 2. The molecular formula is C48H48Cl2F6N10O8S2. The largest absolute Gasteiger partial charge is 0.490 e. The van der Waals surface area contributed by atoms with Crippen molar-refractivity contribution in [1.82, 2.24) is 29.5 Å². The highest BCUT2D eigenvalue weighted by Gasteiger charge is 2.41. The van der Waals surface area contributed by atoms with Gasteiger partial charge in [-0.05, 0) is 89.8 Å². The van der Waals surface area contributed by atoms with E-state index in [1.807, 2.05) is 71.5 Å². The summed E-state index contributed by atoms with van der Waals surface area (Å²) in [7, 11) is 0. The van der Waals surface area contributed by atoms with Gasteiger partial charge in [0.2, 0.25) is 11.8 Å². The number of carboxylic acids is 2. The maximum Gasteiger partial charge on any atom is 0.490 e. The van der Waals surface area contributed by atoms with Gasteiger partial charge in [-0.15, -0.1) is 43.1 Å². The van der Waals surface area contributed by atoms with E-state index in [-0.39, 0.29) is 39.3 Å². The van der Waals surface area contributed by atoms with Gasteiger partial charge in [0.25, 0.3) is 0 Å². The van der Waals surface area contributed by atoms with E-state index in [9.17, 15) is 35.9 Å². The average molecular weight is 1140 g/mol. The lowest BCUT2D eigenvalue weighted by Crippen LogP contribution is -2.31. The molecule has 0 saturated carbocycles. The van der Waals surface area contributed by atoms with Crippen LogP contribution >= 0.6 is 45.9 Å². The molecule has 0 fully saturated rings. The molecule has 2 aliphatic heterocycles. The number of primary amides is 2. The standard InChI is InChI=1S/C44H46Cl2N10O4S2.2C2HF3O2/c1-21-23(3)61-43-33(21)35(27-7-11-29(45)12-8-27)49-37(41-53-51-25(5)55(41)43)31(39(47)57)15-17-59-19-20-60-18-16-32(40(48)58)38-42-54-52-26(6)56(42)44-34(22(2)24(4)62-44)36(50-38)28-9-13-30(46)14-10-28;2*3-2(4,5)1(6)7/h7-14,31-32,37-38H,15-20H2,1-6H3,(H2,47,57)(H2,48,58);2*(H,6,7)/t31?,32?,37-,38-;;/m0../s1. The summed E-state index contributed by atoms with van der Waals surface area (Å²) in [6.45, 7) is 13.0. The summed E-state index contributed by atoms with van der Waals surface area (Å²) in [4.78, 5) is 57.1. The molecule has 6 heterocycles. The lowest BCUT2D eigenvalue weighted by Gasteiger charge is -2.21. The van der Waals surface area contributed by atoms with Gasteiger partial charge in [-0.2, -0.15) is 26.3 Å². The summed E-state index contributed by atoms with van der Waals surface area (Å²) in [5.41, 5.74) is 19.5. The minimum absolute atomic E-state index is 0.207. The fraction of sp³-hybridized carbons (Fsp3) is 0.375. The van der Waals surface area contributed by atoms with Crippen LogP contribution in [0.4, 0.5) is 26.3 Å². The van der Waals surface area contributed by atoms with Crippen LogP contribution in [0.2, 0.25) is 10.0 Å². The third kappa shape index (κ3) is 13.1. The molecular weight excluding hydrogens is 1090 g/mol. The second-order valence-electron chi connectivity index (χ2n) is 17.1. The molecule has 8 rings (SSSR count). The molecule has 76 heavy (non-hydrogen) atoms. The minimum Gasteiger partial charge on any atom is -0.475 e. The van der Waals surface area contributed by atoms with E-state index >= 15 is 0 Å². The van der Waals surface area contributed by atoms with Crippen LogP contribution in [-0.4, -0.2) is 114 Å². The molecule has 2 amide bonds. The Morgan fingerprint density at radius 2 is 0.908 bits per heavy atom. The number of aromatic nitrogens is 6. The van der Waals surface area contributed by atoms with Crippen molar-refractivity contribution >= 4 is 81.1 Å². The number of benzene rings is 2. The smallest absolute Gasteiger partial charge is 0.475 e. The van der Waals surface area contributed by atoms with E-state index in [4.69, 9.17) is 73.9 Å². The molecule has 406 valence electrons. The van der Waals surface area contributed by atoms with Crippen LogP contribution in [0.3, 0.4) is 0 Å². The molecule has 2 aromatic carbocycles. The van der Waals surface area contributed by atoms with Crippen LogP contribution < -0.4 is 11.5 Å². The summed E-state index contributed by atoms with van der Waals surface area (Å²) in [6.07, 6.45) is -9.61. The van der Waals surface area contributed by atoms with Crippen LogP contribution in [0.1, 0.15) is 91.4 Å². The molecule has 2 aliphatic rings. The van der Waals surface area contributed by atoms with Crippen LogP contribution in [-0.2, 0) is 28.7 Å². The molecule has 0 spiro atoms. The Labute approximate surface area is 447 Å². The number of hydrogen-bond donors (Lipinski definition) is 4. The fourth-order valence-electron chi connectivity index (χ4n) is 8.10. The van der Waals surface area contributed by atoms with Crippen molar-refractivity contribution in [2.45, 2.75) is 78.8 Å². The number of aliphatic carboxylic acids is 2. The number of carboxylic acid groups (broad SMARTS) is 2. The molecule has 0 aliphatic carbocycles. The van der Waals surface area contributed by atoms with Crippen LogP contribution in [0.25, 0.3) is 10.0 Å². The number of nitrogens with two attached hydrogens (primary N) is 2. The maximum atomic E-state index is 13.2. The Balaban J connectivity index is 0.000000590. The van der Waals surface area contributed by atoms with Crippen molar-refractivity contribution in [1.29, 1.82) is 0 Å². The molecule has 18 nitrogen and oxygen atoms in total. The number of ether oxygens (including phenoxy) is 2. The lowest BCUT2D eigenvalue weighted by atomic mass is 9.94. The van der Waals surface area contributed by atoms with Crippen LogP contribution in [0, 0.1) is 53.4 Å². The van der Waals surface area contributed by atoms with Crippen molar-refractivity contribution in [3.63, 3.8) is 0 Å². The zero-order chi connectivity index (χ0) is 56.1. The highest BCUT2D eigenvalue weighted by atomic mass is 35.5. The number of hydrogen-bond acceptors (Lipinski definition) is 14. The Kier molecular flexibility index (Phi) is 18.7. The fourth-order valence-corrected chi connectivity index (χ4v) is 10.8. The van der Waals surface area contributed by atoms with Crippen molar-refractivity contribution < 1.29 is 65.2 Å². The Hall–Kier alpha value is -6.58. The zero-order valence-corrected chi connectivity index (χ0v) is 44.2. The number of fused-ring (bicyclic) bond motifs is 6. The van der Waals surface area contributed by atoms with Crippen molar-refractivity contribution in [2.24, 2.45) is 33.3 Å². The normalized spacial score (nSPS) is 15.6. The zero-order valence-electron chi connectivity index (χ0n) is 41.1. The number of aryl methyl sites for hydroxylation is 4. The van der Waals surface area contributed by atoms with Gasteiger partial charge in [0.15, 0.2) is 11.6 Å². The molecule has 0 bridgehead atoms. The number of alkyl halides is 6. The summed E-state index contributed by atoms with van der Waals surface area (Å²) in [5, 5.41) is 35.2. The molecule has 0 radical (unpaired) electrons. The van der Waals surface area contributed by atoms with E-state index in [1.165, 1.54) is 0 Å². The lowest BCUT2D eigenvalue weighted by molar-refractivity contribution is -0.193. The third-order valence-electron chi connectivity index (χ3n) is 12.1. The first kappa shape index (κ1) is 58.7. The first-order chi connectivity index (χ1) is 35.6. The molecule has 28 heteroatoms. The van der Waals surface area contributed by atoms with E-state index in [1.54, 1.807) is 22.7 Å². The topological polar surface area (TPSA) is 265 Å². The average Bonchev–Trinajstić information content (AvgIpc) is 4.03. The van der Waals surface area contributed by atoms with Gasteiger partial charge in [0.1, 0.15) is 33.7 Å². The number of nitrogens with zero attached hydrogens (tertiary/aromatic N) is 8. The van der Waals surface area contributed by atoms with Crippen molar-refractivity contribution in [3.05, 3.63) is 125 Å². The molecule has 4 atom stereocenters. The predicted molar refractivity (Wildman–Crippen MR) is 270 cm³/mol. The second kappa shape index (κ2) is 24.2. The minimum atomic E-state index is -5.08. The monoisotopic (exact) mass is 1140 g/mol. The van der Waals surface area contributed by atoms with E-state index in [2.05, 4.69) is 48.1 Å². The molecule has 0 saturated heterocycles. The number of halogens is 8. The van der Waals surface area contributed by atoms with Gasteiger partial charge in [0, 0.05) is 55.3 Å². The first-order valence-corrected chi connectivity index (χ1v) is 25.1. The molecule has 2 unspecified atom stereocenters. The number of carbonyl (C=O) groups is 4. The number of carbonyl (C=O) groups excluding carboxylic acids is 2. The third-order valence-corrected chi connectivity index (χ3v) is 15.0. The number of thiophene rings is 2. The summed E-state index contributed by atoms with van der Waals surface area (Å²) < 4.78 is 79.5. The SMILES string of the molecule is Cc1sc2c(c1C)C(c1ccc(Cl)cc1)=N[C@@H](C(CCOCCOCCC(C(N)=O)[C@@H]1N=C(c3ccc(Cl)cc3)c3c(sc(C)c3C)-n3c(C)nnc31)C(N)=O)c1nnc(C)n1-2.O=C(O)C(F)(F)F.O=C(O)C(F)(F)F. The molecule has 4 aromatic heterocycles. The Morgan fingerprint density at radius 3 is 1.20 bits per heavy atom. The first-order valence-electron chi connectivity index (χ1n) is 22.7.